The quantitative estimate of drug-likeness (QED) is 0.744. The summed E-state index contributed by atoms with van der Waals surface area (Å²) in [6, 6.07) is 4.65. The molecule has 26 heavy (non-hydrogen) atoms. The third kappa shape index (κ3) is 5.61. The number of carbonyl (C=O) groups excluding carboxylic acids is 3. The molecule has 0 aliphatic carbocycles. The highest BCUT2D eigenvalue weighted by Gasteiger charge is 2.26. The molecular weight excluding hydrogens is 379 g/mol. The average Bonchev–Trinajstić information content (AvgIpc) is 2.64. The van der Waals surface area contributed by atoms with E-state index in [2.05, 4.69) is 5.32 Å². The van der Waals surface area contributed by atoms with Crippen molar-refractivity contribution in [3.05, 3.63) is 33.8 Å². The van der Waals surface area contributed by atoms with Gasteiger partial charge in [0.1, 0.15) is 6.54 Å². The molecule has 1 atom stereocenters. The minimum atomic E-state index is -0.679. The molecule has 2 rings (SSSR count). The van der Waals surface area contributed by atoms with Crippen molar-refractivity contribution in [2.24, 2.45) is 0 Å². The minimum absolute atomic E-state index is 0.189. The maximum Gasteiger partial charge on any atom is 0.325 e. The number of nitrogens with one attached hydrogen (secondary N) is 1. The van der Waals surface area contributed by atoms with Gasteiger partial charge in [-0.15, -0.1) is 0 Å². The van der Waals surface area contributed by atoms with Crippen molar-refractivity contribution in [2.45, 2.75) is 38.6 Å². The number of esters is 1. The Bertz CT molecular complexity index is 681. The van der Waals surface area contributed by atoms with E-state index < -0.39 is 11.9 Å². The minimum Gasteiger partial charge on any atom is -0.454 e. The second-order valence-corrected chi connectivity index (χ2v) is 6.96. The van der Waals surface area contributed by atoms with Crippen molar-refractivity contribution in [1.29, 1.82) is 0 Å². The third-order valence-corrected chi connectivity index (χ3v) is 4.89. The predicted octanol–water partition coefficient (Wildman–Crippen LogP) is 3.06. The van der Waals surface area contributed by atoms with Gasteiger partial charge in [0.25, 0.3) is 11.8 Å². The van der Waals surface area contributed by atoms with E-state index in [9.17, 15) is 14.4 Å². The summed E-state index contributed by atoms with van der Waals surface area (Å²) in [4.78, 5) is 37.8. The Morgan fingerprint density at radius 2 is 2.04 bits per heavy atom. The SMILES string of the molecule is CC[C@H]1CCCCN1C(=O)COC(=O)CNC(=O)c1ccc(Cl)cc1Cl. The zero-order chi connectivity index (χ0) is 19.1. The number of halogens is 2. The highest BCUT2D eigenvalue weighted by atomic mass is 35.5. The molecule has 1 N–H and O–H groups in total. The van der Waals surface area contributed by atoms with Crippen LogP contribution in [-0.2, 0) is 14.3 Å². The molecule has 0 radical (unpaired) electrons. The lowest BCUT2D eigenvalue weighted by atomic mass is 10.00. The van der Waals surface area contributed by atoms with E-state index >= 15 is 0 Å². The van der Waals surface area contributed by atoms with E-state index in [1.165, 1.54) is 18.2 Å². The first kappa shape index (κ1) is 20.5. The largest absolute Gasteiger partial charge is 0.454 e. The summed E-state index contributed by atoms with van der Waals surface area (Å²) in [5, 5.41) is 3.02. The number of likely N-dealkylation sites (tertiary alicyclic amines) is 1. The number of benzene rings is 1. The molecule has 0 aromatic heterocycles. The number of piperidine rings is 1. The highest BCUT2D eigenvalue weighted by Crippen LogP contribution is 2.21. The van der Waals surface area contributed by atoms with Crippen LogP contribution in [0.15, 0.2) is 18.2 Å². The van der Waals surface area contributed by atoms with Gasteiger partial charge in [0, 0.05) is 17.6 Å². The van der Waals surface area contributed by atoms with Crippen molar-refractivity contribution >= 4 is 41.0 Å². The molecule has 142 valence electrons. The molecule has 8 heteroatoms. The molecule has 0 unspecified atom stereocenters. The molecule has 0 spiro atoms. The second kappa shape index (κ2) is 9.78. The number of hydrogen-bond donors (Lipinski definition) is 1. The van der Waals surface area contributed by atoms with Crippen molar-refractivity contribution in [1.82, 2.24) is 10.2 Å². The Morgan fingerprint density at radius 1 is 1.27 bits per heavy atom. The molecule has 6 nitrogen and oxygen atoms in total. The summed E-state index contributed by atoms with van der Waals surface area (Å²) in [6.45, 7) is 2.08. The van der Waals surface area contributed by atoms with Crippen molar-refractivity contribution in [3.63, 3.8) is 0 Å². The summed E-state index contributed by atoms with van der Waals surface area (Å²) in [5.74, 6) is -1.39. The second-order valence-electron chi connectivity index (χ2n) is 6.11. The first-order valence-electron chi connectivity index (χ1n) is 8.60. The monoisotopic (exact) mass is 400 g/mol. The molecule has 1 aliphatic rings. The number of ether oxygens (including phenoxy) is 1. The lowest BCUT2D eigenvalue weighted by Crippen LogP contribution is -2.45. The molecule has 2 amide bonds. The van der Waals surface area contributed by atoms with E-state index in [1.807, 2.05) is 6.92 Å². The maximum absolute atomic E-state index is 12.2. The first-order valence-corrected chi connectivity index (χ1v) is 9.36. The first-order chi connectivity index (χ1) is 12.4. The Hall–Kier alpha value is -1.79. The van der Waals surface area contributed by atoms with E-state index in [-0.39, 0.29) is 35.7 Å². The van der Waals surface area contributed by atoms with Gasteiger partial charge in [-0.3, -0.25) is 14.4 Å². The van der Waals surface area contributed by atoms with Crippen LogP contribution in [0.1, 0.15) is 43.0 Å². The standard InChI is InChI=1S/C18H22Cl2N2O4/c1-2-13-5-3-4-8-22(13)16(23)11-26-17(24)10-21-18(25)14-7-6-12(19)9-15(14)20/h6-7,9,13H,2-5,8,10-11H2,1H3,(H,21,25)/t13-/m0/s1. The lowest BCUT2D eigenvalue weighted by Gasteiger charge is -2.35. The summed E-state index contributed by atoms with van der Waals surface area (Å²) in [7, 11) is 0. The van der Waals surface area contributed by atoms with Gasteiger partial charge in [0.2, 0.25) is 0 Å². The summed E-state index contributed by atoms with van der Waals surface area (Å²) < 4.78 is 4.99. The zero-order valence-corrected chi connectivity index (χ0v) is 16.1. The Kier molecular flexibility index (Phi) is 7.72. The molecular formula is C18H22Cl2N2O4. The van der Waals surface area contributed by atoms with Gasteiger partial charge >= 0.3 is 5.97 Å². The van der Waals surface area contributed by atoms with Crippen LogP contribution < -0.4 is 5.32 Å². The lowest BCUT2D eigenvalue weighted by molar-refractivity contribution is -0.152. The van der Waals surface area contributed by atoms with E-state index in [1.54, 1.807) is 4.90 Å². The van der Waals surface area contributed by atoms with Crippen LogP contribution in [0.3, 0.4) is 0 Å². The van der Waals surface area contributed by atoms with Gasteiger partial charge in [0.15, 0.2) is 6.61 Å². The summed E-state index contributed by atoms with van der Waals surface area (Å²) >= 11 is 11.7. The molecule has 1 aromatic carbocycles. The summed E-state index contributed by atoms with van der Waals surface area (Å²) in [5.41, 5.74) is 0.207. The third-order valence-electron chi connectivity index (χ3n) is 4.34. The van der Waals surface area contributed by atoms with E-state index in [0.29, 0.717) is 11.6 Å². The van der Waals surface area contributed by atoms with Gasteiger partial charge in [-0.1, -0.05) is 30.1 Å². The number of carbonyl (C=O) groups is 3. The Labute approximate surface area is 162 Å². The molecule has 1 aromatic rings. The Morgan fingerprint density at radius 3 is 2.73 bits per heavy atom. The van der Waals surface area contributed by atoms with E-state index in [4.69, 9.17) is 27.9 Å². The fourth-order valence-corrected chi connectivity index (χ4v) is 3.45. The van der Waals surface area contributed by atoms with Crippen molar-refractivity contribution in [2.75, 3.05) is 19.7 Å². The fraction of sp³-hybridized carbons (Fsp3) is 0.500. The van der Waals surface area contributed by atoms with Crippen LogP contribution in [0, 0.1) is 0 Å². The van der Waals surface area contributed by atoms with Crippen LogP contribution in [0.2, 0.25) is 10.0 Å². The Balaban J connectivity index is 1.78. The van der Waals surface area contributed by atoms with Crippen LogP contribution in [0.4, 0.5) is 0 Å². The van der Waals surface area contributed by atoms with Gasteiger partial charge < -0.3 is 15.0 Å². The molecule has 0 bridgehead atoms. The van der Waals surface area contributed by atoms with Gasteiger partial charge in [-0.05, 0) is 43.9 Å². The number of nitrogens with zero attached hydrogens (tertiary/aromatic N) is 1. The molecule has 0 saturated carbocycles. The predicted molar refractivity (Wildman–Crippen MR) is 99.4 cm³/mol. The highest BCUT2D eigenvalue weighted by molar-refractivity contribution is 6.36. The normalized spacial score (nSPS) is 16.9. The molecule has 1 fully saturated rings. The van der Waals surface area contributed by atoms with Crippen LogP contribution >= 0.6 is 23.2 Å². The number of amides is 2. The van der Waals surface area contributed by atoms with Crippen LogP contribution in [0.25, 0.3) is 0 Å². The number of hydrogen-bond acceptors (Lipinski definition) is 4. The maximum atomic E-state index is 12.2. The van der Waals surface area contributed by atoms with Gasteiger partial charge in [-0.25, -0.2) is 0 Å². The topological polar surface area (TPSA) is 75.7 Å². The molecule has 1 saturated heterocycles. The molecule has 1 heterocycles. The van der Waals surface area contributed by atoms with E-state index in [0.717, 1.165) is 25.7 Å². The molecule has 1 aliphatic heterocycles. The van der Waals surface area contributed by atoms with Gasteiger partial charge in [-0.2, -0.15) is 0 Å². The van der Waals surface area contributed by atoms with Crippen LogP contribution in [-0.4, -0.2) is 48.4 Å². The smallest absolute Gasteiger partial charge is 0.325 e. The zero-order valence-electron chi connectivity index (χ0n) is 14.6. The van der Waals surface area contributed by atoms with Gasteiger partial charge in [0.05, 0.1) is 10.6 Å². The fourth-order valence-electron chi connectivity index (χ4n) is 2.95. The average molecular weight is 401 g/mol. The van der Waals surface area contributed by atoms with Crippen molar-refractivity contribution < 1.29 is 19.1 Å². The van der Waals surface area contributed by atoms with Crippen LogP contribution in [0.5, 0.6) is 0 Å². The summed E-state index contributed by atoms with van der Waals surface area (Å²) in [6.07, 6.45) is 3.95. The van der Waals surface area contributed by atoms with Crippen molar-refractivity contribution in [3.8, 4) is 0 Å². The number of rotatable bonds is 6.